The van der Waals surface area contributed by atoms with E-state index < -0.39 is 0 Å². The lowest BCUT2D eigenvalue weighted by Crippen LogP contribution is -2.12. The summed E-state index contributed by atoms with van der Waals surface area (Å²) in [5.74, 6) is -0.0401. The zero-order valence-electron chi connectivity index (χ0n) is 11.9. The molecular formula is C16H15N3O3. The van der Waals surface area contributed by atoms with Crippen molar-refractivity contribution < 1.29 is 14.0 Å². The van der Waals surface area contributed by atoms with Gasteiger partial charge in [0.25, 0.3) is 5.91 Å². The minimum atomic E-state index is -0.299. The Balaban J connectivity index is 1.80. The number of azo groups is 1. The Morgan fingerprint density at radius 1 is 1.41 bits per heavy atom. The molecule has 0 saturated heterocycles. The highest BCUT2D eigenvalue weighted by atomic mass is 16.3. The van der Waals surface area contributed by atoms with Gasteiger partial charge in [-0.05, 0) is 41.8 Å². The molecule has 2 heterocycles. The number of nitrogens with zero attached hydrogens (tertiary/aromatic N) is 2. The van der Waals surface area contributed by atoms with Gasteiger partial charge in [-0.3, -0.25) is 4.79 Å². The van der Waals surface area contributed by atoms with E-state index in [0.717, 1.165) is 17.4 Å². The Hall–Kier alpha value is -2.76. The van der Waals surface area contributed by atoms with Crippen molar-refractivity contribution in [2.75, 3.05) is 5.32 Å². The Kier molecular flexibility index (Phi) is 4.09. The van der Waals surface area contributed by atoms with Crippen LogP contribution in [0.15, 0.2) is 51.2 Å². The van der Waals surface area contributed by atoms with Gasteiger partial charge < -0.3 is 14.5 Å². The fourth-order valence-corrected chi connectivity index (χ4v) is 2.44. The van der Waals surface area contributed by atoms with Gasteiger partial charge in [0.1, 0.15) is 6.29 Å². The average Bonchev–Trinajstić information content (AvgIpc) is 3.07. The van der Waals surface area contributed by atoms with Crippen molar-refractivity contribution in [3.8, 4) is 0 Å². The van der Waals surface area contributed by atoms with Gasteiger partial charge in [-0.2, -0.15) is 10.2 Å². The number of carbonyl (C=O) groups is 2. The first kappa shape index (κ1) is 14.2. The summed E-state index contributed by atoms with van der Waals surface area (Å²) in [5.41, 5.74) is 2.75. The summed E-state index contributed by atoms with van der Waals surface area (Å²) >= 11 is 0. The molecule has 3 rings (SSSR count). The third-order valence-electron chi connectivity index (χ3n) is 3.53. The lowest BCUT2D eigenvalue weighted by molar-refractivity contribution is -0.108. The molecule has 1 N–H and O–H groups in total. The van der Waals surface area contributed by atoms with Crippen molar-refractivity contribution >= 4 is 17.9 Å². The minimum absolute atomic E-state index is 0.130. The second kappa shape index (κ2) is 6.34. The first-order valence-electron chi connectivity index (χ1n) is 7.06. The molecule has 0 saturated carbocycles. The first-order chi connectivity index (χ1) is 10.8. The van der Waals surface area contributed by atoms with E-state index >= 15 is 0 Å². The van der Waals surface area contributed by atoms with Crippen LogP contribution in [-0.2, 0) is 11.3 Å². The zero-order valence-corrected chi connectivity index (χ0v) is 11.9. The van der Waals surface area contributed by atoms with Gasteiger partial charge in [0.15, 0.2) is 5.76 Å². The molecule has 6 nitrogen and oxygen atoms in total. The van der Waals surface area contributed by atoms with Gasteiger partial charge >= 0.3 is 0 Å². The number of anilines is 1. The van der Waals surface area contributed by atoms with Gasteiger partial charge in [0, 0.05) is 12.1 Å². The van der Waals surface area contributed by atoms with Gasteiger partial charge in [-0.1, -0.05) is 6.07 Å². The SMILES string of the molecule is O=CCCC1N=NCc2ccc(NC(=O)c3ccco3)cc21. The lowest BCUT2D eigenvalue weighted by Gasteiger charge is -2.19. The van der Waals surface area contributed by atoms with Crippen LogP contribution in [0.1, 0.15) is 40.6 Å². The Morgan fingerprint density at radius 2 is 2.32 bits per heavy atom. The van der Waals surface area contributed by atoms with E-state index in [1.165, 1.54) is 6.26 Å². The number of hydrogen-bond donors (Lipinski definition) is 1. The number of furan rings is 1. The van der Waals surface area contributed by atoms with Crippen LogP contribution in [-0.4, -0.2) is 12.2 Å². The van der Waals surface area contributed by atoms with E-state index in [-0.39, 0.29) is 17.7 Å². The maximum absolute atomic E-state index is 12.0. The number of nitrogens with one attached hydrogen (secondary N) is 1. The fourth-order valence-electron chi connectivity index (χ4n) is 2.44. The monoisotopic (exact) mass is 297 g/mol. The van der Waals surface area contributed by atoms with Crippen LogP contribution < -0.4 is 5.32 Å². The summed E-state index contributed by atoms with van der Waals surface area (Å²) < 4.78 is 5.07. The van der Waals surface area contributed by atoms with Crippen molar-refractivity contribution in [2.45, 2.75) is 25.4 Å². The second-order valence-corrected chi connectivity index (χ2v) is 5.02. The van der Waals surface area contributed by atoms with Gasteiger partial charge in [-0.15, -0.1) is 0 Å². The predicted molar refractivity (Wildman–Crippen MR) is 79.7 cm³/mol. The van der Waals surface area contributed by atoms with Crippen LogP contribution >= 0.6 is 0 Å². The molecule has 0 spiro atoms. The van der Waals surface area contributed by atoms with Crippen LogP contribution in [0.4, 0.5) is 5.69 Å². The van der Waals surface area contributed by atoms with E-state index in [9.17, 15) is 9.59 Å². The number of rotatable bonds is 5. The van der Waals surface area contributed by atoms with E-state index in [1.807, 2.05) is 18.2 Å². The topological polar surface area (TPSA) is 84.0 Å². The average molecular weight is 297 g/mol. The highest BCUT2D eigenvalue weighted by molar-refractivity contribution is 6.02. The molecule has 1 unspecified atom stereocenters. The Morgan fingerprint density at radius 3 is 3.09 bits per heavy atom. The van der Waals surface area contributed by atoms with Crippen molar-refractivity contribution in [1.29, 1.82) is 0 Å². The third-order valence-corrected chi connectivity index (χ3v) is 3.53. The van der Waals surface area contributed by atoms with E-state index in [0.29, 0.717) is 25.1 Å². The molecule has 1 aromatic heterocycles. The fraction of sp³-hybridized carbons (Fsp3) is 0.250. The summed E-state index contributed by atoms with van der Waals surface area (Å²) in [6.07, 6.45) is 3.39. The molecule has 0 bridgehead atoms. The molecule has 0 fully saturated rings. The van der Waals surface area contributed by atoms with E-state index in [4.69, 9.17) is 4.42 Å². The van der Waals surface area contributed by atoms with Crippen LogP contribution in [0.3, 0.4) is 0 Å². The number of benzene rings is 1. The molecule has 22 heavy (non-hydrogen) atoms. The molecule has 0 radical (unpaired) electrons. The van der Waals surface area contributed by atoms with Crippen LogP contribution in [0.2, 0.25) is 0 Å². The molecule has 0 aliphatic carbocycles. The third kappa shape index (κ3) is 2.95. The smallest absolute Gasteiger partial charge is 0.291 e. The standard InChI is InChI=1S/C16H15N3O3/c20-7-1-3-14-13-9-12(6-5-11(13)10-17-19-14)18-16(21)15-4-2-8-22-15/h2,4-9,14H,1,3,10H2,(H,18,21). The molecule has 1 atom stereocenters. The number of carbonyl (C=O) groups excluding carboxylic acids is 2. The van der Waals surface area contributed by atoms with E-state index in [1.54, 1.807) is 12.1 Å². The largest absolute Gasteiger partial charge is 0.459 e. The number of fused-ring (bicyclic) bond motifs is 1. The zero-order chi connectivity index (χ0) is 15.4. The minimum Gasteiger partial charge on any atom is -0.459 e. The van der Waals surface area contributed by atoms with E-state index in [2.05, 4.69) is 15.5 Å². The maximum Gasteiger partial charge on any atom is 0.291 e. The van der Waals surface area contributed by atoms with Crippen LogP contribution in [0.25, 0.3) is 0 Å². The summed E-state index contributed by atoms with van der Waals surface area (Å²) in [4.78, 5) is 22.6. The van der Waals surface area contributed by atoms with Crippen molar-refractivity contribution in [3.63, 3.8) is 0 Å². The molecule has 2 aromatic rings. The normalized spacial score (nSPS) is 16.1. The van der Waals surface area contributed by atoms with Crippen LogP contribution in [0.5, 0.6) is 0 Å². The maximum atomic E-state index is 12.0. The van der Waals surface area contributed by atoms with Gasteiger partial charge in [0.05, 0.1) is 18.8 Å². The molecule has 112 valence electrons. The summed E-state index contributed by atoms with van der Waals surface area (Å²) in [6, 6.07) is 8.79. The summed E-state index contributed by atoms with van der Waals surface area (Å²) in [5, 5.41) is 11.1. The highest BCUT2D eigenvalue weighted by Gasteiger charge is 2.19. The number of amides is 1. The van der Waals surface area contributed by atoms with Crippen molar-refractivity contribution in [1.82, 2.24) is 0 Å². The summed E-state index contributed by atoms with van der Waals surface area (Å²) in [6.45, 7) is 0.527. The molecule has 6 heteroatoms. The summed E-state index contributed by atoms with van der Waals surface area (Å²) in [7, 11) is 0. The second-order valence-electron chi connectivity index (χ2n) is 5.02. The molecule has 1 aliphatic rings. The quantitative estimate of drug-likeness (QED) is 0.857. The molecule has 1 aromatic carbocycles. The van der Waals surface area contributed by atoms with Gasteiger partial charge in [-0.25, -0.2) is 0 Å². The number of hydrogen-bond acceptors (Lipinski definition) is 5. The van der Waals surface area contributed by atoms with Crippen molar-refractivity contribution in [3.05, 3.63) is 53.5 Å². The highest BCUT2D eigenvalue weighted by Crippen LogP contribution is 2.32. The Bertz CT molecular complexity index is 707. The lowest BCUT2D eigenvalue weighted by atomic mass is 9.96. The molecule has 1 aliphatic heterocycles. The first-order valence-corrected chi connectivity index (χ1v) is 7.06. The number of aldehydes is 1. The van der Waals surface area contributed by atoms with Gasteiger partial charge in [0.2, 0.25) is 0 Å². The Labute approximate surface area is 127 Å². The molecule has 1 amide bonds. The van der Waals surface area contributed by atoms with Crippen molar-refractivity contribution in [2.24, 2.45) is 10.2 Å². The van der Waals surface area contributed by atoms with Crippen LogP contribution in [0, 0.1) is 0 Å². The molecular weight excluding hydrogens is 282 g/mol. The predicted octanol–water partition coefficient (Wildman–Crippen LogP) is 3.52.